The molecule has 94 valence electrons. The lowest BCUT2D eigenvalue weighted by Crippen LogP contribution is -2.53. The van der Waals surface area contributed by atoms with Crippen LogP contribution in [0, 0.1) is 0 Å². The molecule has 1 aliphatic rings. The van der Waals surface area contributed by atoms with Gasteiger partial charge >= 0.3 is 0 Å². The maximum absolute atomic E-state index is 10.5. The van der Waals surface area contributed by atoms with Crippen LogP contribution in [0.2, 0.25) is 0 Å². The molecular formula is C14H27NO. The molecule has 2 heteroatoms. The fourth-order valence-corrected chi connectivity index (χ4v) is 2.94. The van der Waals surface area contributed by atoms with Gasteiger partial charge in [0.1, 0.15) is 0 Å². The highest BCUT2D eigenvalue weighted by Crippen LogP contribution is 2.35. The van der Waals surface area contributed by atoms with Gasteiger partial charge in [0, 0.05) is 5.54 Å². The van der Waals surface area contributed by atoms with Crippen molar-refractivity contribution in [3.05, 3.63) is 12.2 Å². The molecule has 1 fully saturated rings. The van der Waals surface area contributed by atoms with E-state index in [4.69, 9.17) is 0 Å². The van der Waals surface area contributed by atoms with Gasteiger partial charge in [0.15, 0.2) is 0 Å². The molecule has 0 aromatic rings. The van der Waals surface area contributed by atoms with Crippen molar-refractivity contribution < 1.29 is 5.11 Å². The Labute approximate surface area is 100 Å². The predicted octanol–water partition coefficient (Wildman–Crippen LogP) is 2.97. The van der Waals surface area contributed by atoms with E-state index in [1.54, 1.807) is 0 Å². The van der Waals surface area contributed by atoms with Crippen LogP contribution >= 0.6 is 0 Å². The van der Waals surface area contributed by atoms with Gasteiger partial charge in [0.2, 0.25) is 0 Å². The second-order valence-electron chi connectivity index (χ2n) is 5.59. The summed E-state index contributed by atoms with van der Waals surface area (Å²) in [7, 11) is 4.21. The second-order valence-corrected chi connectivity index (χ2v) is 5.59. The highest BCUT2D eigenvalue weighted by molar-refractivity contribution is 5.02. The zero-order chi connectivity index (χ0) is 12.2. The lowest BCUT2D eigenvalue weighted by Gasteiger charge is -2.43. The third-order valence-electron chi connectivity index (χ3n) is 4.02. The maximum Gasteiger partial charge on any atom is 0.0760 e. The van der Waals surface area contributed by atoms with Crippen LogP contribution in [-0.4, -0.2) is 35.7 Å². The molecular weight excluding hydrogens is 198 g/mol. The molecule has 16 heavy (non-hydrogen) atoms. The van der Waals surface area contributed by atoms with E-state index in [1.807, 2.05) is 6.92 Å². The smallest absolute Gasteiger partial charge is 0.0760 e. The zero-order valence-electron chi connectivity index (χ0n) is 11.1. The van der Waals surface area contributed by atoms with Crippen LogP contribution in [0.1, 0.15) is 51.9 Å². The predicted molar refractivity (Wildman–Crippen MR) is 69.6 cm³/mol. The van der Waals surface area contributed by atoms with E-state index in [0.29, 0.717) is 0 Å². The van der Waals surface area contributed by atoms with Gasteiger partial charge in [-0.25, -0.2) is 0 Å². The first-order valence-corrected chi connectivity index (χ1v) is 6.49. The van der Waals surface area contributed by atoms with Crippen molar-refractivity contribution in [1.29, 1.82) is 0 Å². The fourth-order valence-electron chi connectivity index (χ4n) is 2.94. The molecule has 0 bridgehead atoms. The van der Waals surface area contributed by atoms with E-state index in [-0.39, 0.29) is 11.6 Å². The number of hydrogen-bond acceptors (Lipinski definition) is 2. The number of aliphatic hydroxyl groups excluding tert-OH is 1. The Bertz CT molecular complexity index is 227. The van der Waals surface area contributed by atoms with Crippen molar-refractivity contribution in [2.45, 2.75) is 63.5 Å². The van der Waals surface area contributed by atoms with E-state index >= 15 is 0 Å². The zero-order valence-corrected chi connectivity index (χ0v) is 11.1. The molecule has 1 saturated carbocycles. The van der Waals surface area contributed by atoms with E-state index < -0.39 is 0 Å². The van der Waals surface area contributed by atoms with Crippen molar-refractivity contribution in [3.63, 3.8) is 0 Å². The number of rotatable bonds is 4. The van der Waals surface area contributed by atoms with Gasteiger partial charge in [-0.1, -0.05) is 31.3 Å². The third-order valence-corrected chi connectivity index (χ3v) is 4.02. The minimum atomic E-state index is -0.266. The average molecular weight is 225 g/mol. The summed E-state index contributed by atoms with van der Waals surface area (Å²) in [5.41, 5.74) is 1.06. The van der Waals surface area contributed by atoms with Crippen LogP contribution in [-0.2, 0) is 0 Å². The summed E-state index contributed by atoms with van der Waals surface area (Å²) in [6, 6.07) is 0. The third kappa shape index (κ3) is 3.08. The number of aliphatic hydroxyl groups is 1. The average Bonchev–Trinajstić information content (AvgIpc) is 2.42. The van der Waals surface area contributed by atoms with Gasteiger partial charge < -0.3 is 10.0 Å². The highest BCUT2D eigenvalue weighted by Gasteiger charge is 2.39. The lowest BCUT2D eigenvalue weighted by atomic mass is 9.80. The topological polar surface area (TPSA) is 23.5 Å². The molecule has 0 aromatic carbocycles. The normalized spacial score (nSPS) is 22.8. The molecule has 1 aliphatic carbocycles. The quantitative estimate of drug-likeness (QED) is 0.587. The van der Waals surface area contributed by atoms with Crippen molar-refractivity contribution in [2.24, 2.45) is 0 Å². The first kappa shape index (κ1) is 13.7. The Balaban J connectivity index is 2.80. The van der Waals surface area contributed by atoms with Crippen molar-refractivity contribution in [1.82, 2.24) is 4.90 Å². The molecule has 1 unspecified atom stereocenters. The highest BCUT2D eigenvalue weighted by atomic mass is 16.3. The van der Waals surface area contributed by atoms with Gasteiger partial charge in [-0.05, 0) is 40.3 Å². The first-order chi connectivity index (χ1) is 7.49. The van der Waals surface area contributed by atoms with Crippen molar-refractivity contribution in [3.8, 4) is 0 Å². The molecule has 0 radical (unpaired) electrons. The van der Waals surface area contributed by atoms with Gasteiger partial charge in [-0.3, -0.25) is 0 Å². The SMILES string of the molecule is C=C(C)CC(O)C1(N(C)C)CCCCCC1. The summed E-state index contributed by atoms with van der Waals surface area (Å²) in [5.74, 6) is 0. The molecule has 0 saturated heterocycles. The molecule has 1 N–H and O–H groups in total. The molecule has 0 spiro atoms. The standard InChI is InChI=1S/C14H27NO/c1-12(2)11-13(16)14(15(3)4)9-7-5-6-8-10-14/h13,16H,1,5-11H2,2-4H3. The van der Waals surface area contributed by atoms with E-state index in [2.05, 4.69) is 25.6 Å². The Morgan fingerprint density at radius 3 is 2.12 bits per heavy atom. The van der Waals surface area contributed by atoms with Crippen LogP contribution in [0.3, 0.4) is 0 Å². The Hall–Kier alpha value is -0.340. The van der Waals surface area contributed by atoms with E-state index in [9.17, 15) is 5.11 Å². The Kier molecular flexibility index (Phi) is 5.00. The van der Waals surface area contributed by atoms with Gasteiger partial charge in [0.05, 0.1) is 6.10 Å². The summed E-state index contributed by atoms with van der Waals surface area (Å²) in [4.78, 5) is 2.24. The van der Waals surface area contributed by atoms with Crippen LogP contribution in [0.15, 0.2) is 12.2 Å². The van der Waals surface area contributed by atoms with Crippen LogP contribution in [0.5, 0.6) is 0 Å². The summed E-state index contributed by atoms with van der Waals surface area (Å²) in [6.07, 6.45) is 7.82. The summed E-state index contributed by atoms with van der Waals surface area (Å²) in [6.45, 7) is 5.93. The Morgan fingerprint density at radius 2 is 1.75 bits per heavy atom. The molecule has 1 atom stereocenters. The number of nitrogens with zero attached hydrogens (tertiary/aromatic N) is 1. The first-order valence-electron chi connectivity index (χ1n) is 6.49. The molecule has 0 amide bonds. The van der Waals surface area contributed by atoms with Gasteiger partial charge in [-0.15, -0.1) is 6.58 Å². The Morgan fingerprint density at radius 1 is 1.25 bits per heavy atom. The summed E-state index contributed by atoms with van der Waals surface area (Å²) < 4.78 is 0. The molecule has 2 nitrogen and oxygen atoms in total. The number of likely N-dealkylation sites (N-methyl/N-ethyl adjacent to an activating group) is 1. The number of hydrogen-bond donors (Lipinski definition) is 1. The van der Waals surface area contributed by atoms with Crippen molar-refractivity contribution >= 4 is 0 Å². The van der Waals surface area contributed by atoms with Crippen LogP contribution in [0.25, 0.3) is 0 Å². The molecule has 1 rings (SSSR count). The maximum atomic E-state index is 10.5. The molecule has 0 aromatic heterocycles. The van der Waals surface area contributed by atoms with Crippen molar-refractivity contribution in [2.75, 3.05) is 14.1 Å². The van der Waals surface area contributed by atoms with E-state index in [0.717, 1.165) is 24.8 Å². The largest absolute Gasteiger partial charge is 0.391 e. The summed E-state index contributed by atoms with van der Waals surface area (Å²) >= 11 is 0. The molecule has 0 heterocycles. The van der Waals surface area contributed by atoms with Crippen LogP contribution in [0.4, 0.5) is 0 Å². The second kappa shape index (κ2) is 5.83. The summed E-state index contributed by atoms with van der Waals surface area (Å²) in [5, 5.41) is 10.5. The minimum absolute atomic E-state index is 0.0184. The fraction of sp³-hybridized carbons (Fsp3) is 0.857. The van der Waals surface area contributed by atoms with Gasteiger partial charge in [-0.2, -0.15) is 0 Å². The van der Waals surface area contributed by atoms with E-state index in [1.165, 1.54) is 25.7 Å². The minimum Gasteiger partial charge on any atom is -0.391 e. The lowest BCUT2D eigenvalue weighted by molar-refractivity contribution is -0.0173. The van der Waals surface area contributed by atoms with Crippen LogP contribution < -0.4 is 0 Å². The molecule has 0 aliphatic heterocycles. The monoisotopic (exact) mass is 225 g/mol. The van der Waals surface area contributed by atoms with Gasteiger partial charge in [0.25, 0.3) is 0 Å².